The SMILES string of the molecule is Cc1nn(C)c(C)c1C=CC(=O)Oc1ccccc1Cc1ccccc1. The summed E-state index contributed by atoms with van der Waals surface area (Å²) < 4.78 is 7.37. The van der Waals surface area contributed by atoms with Crippen molar-refractivity contribution in [3.8, 4) is 5.75 Å². The lowest BCUT2D eigenvalue weighted by atomic mass is 10.0. The maximum absolute atomic E-state index is 12.3. The summed E-state index contributed by atoms with van der Waals surface area (Å²) in [6, 6.07) is 17.8. The van der Waals surface area contributed by atoms with Crippen LogP contribution in [0.2, 0.25) is 0 Å². The molecule has 0 N–H and O–H groups in total. The summed E-state index contributed by atoms with van der Waals surface area (Å²) in [7, 11) is 1.89. The van der Waals surface area contributed by atoms with Crippen LogP contribution in [0.4, 0.5) is 0 Å². The highest BCUT2D eigenvalue weighted by atomic mass is 16.5. The van der Waals surface area contributed by atoms with Gasteiger partial charge in [-0.05, 0) is 37.1 Å². The normalized spacial score (nSPS) is 11.0. The lowest BCUT2D eigenvalue weighted by Gasteiger charge is -2.09. The van der Waals surface area contributed by atoms with Crippen LogP contribution >= 0.6 is 0 Å². The molecular weight excluding hydrogens is 324 g/mol. The van der Waals surface area contributed by atoms with E-state index < -0.39 is 5.97 Å². The molecule has 0 atom stereocenters. The maximum atomic E-state index is 12.3. The van der Waals surface area contributed by atoms with Crippen molar-refractivity contribution in [2.45, 2.75) is 20.3 Å². The predicted octanol–water partition coefficient (Wildman–Crippen LogP) is 4.25. The zero-order valence-electron chi connectivity index (χ0n) is 15.3. The van der Waals surface area contributed by atoms with Crippen LogP contribution in [-0.4, -0.2) is 15.7 Å². The topological polar surface area (TPSA) is 44.1 Å². The predicted molar refractivity (Wildman–Crippen MR) is 103 cm³/mol. The Morgan fingerprint density at radius 1 is 1.08 bits per heavy atom. The third-order valence-corrected chi connectivity index (χ3v) is 4.37. The van der Waals surface area contributed by atoms with E-state index in [1.165, 1.54) is 11.6 Å². The van der Waals surface area contributed by atoms with Gasteiger partial charge < -0.3 is 4.74 Å². The van der Waals surface area contributed by atoms with Crippen LogP contribution in [0.25, 0.3) is 6.08 Å². The van der Waals surface area contributed by atoms with E-state index in [0.717, 1.165) is 28.9 Å². The van der Waals surface area contributed by atoms with Crippen molar-refractivity contribution in [1.29, 1.82) is 0 Å². The monoisotopic (exact) mass is 346 g/mol. The van der Waals surface area contributed by atoms with Crippen molar-refractivity contribution in [3.05, 3.63) is 88.8 Å². The number of rotatable bonds is 5. The molecule has 4 heteroatoms. The van der Waals surface area contributed by atoms with Crippen LogP contribution < -0.4 is 4.74 Å². The Morgan fingerprint density at radius 2 is 1.77 bits per heavy atom. The molecule has 132 valence electrons. The van der Waals surface area contributed by atoms with Gasteiger partial charge in [0.15, 0.2) is 0 Å². The number of hydrogen-bond donors (Lipinski definition) is 0. The first-order chi connectivity index (χ1) is 12.5. The second-order valence-corrected chi connectivity index (χ2v) is 6.23. The molecule has 3 rings (SSSR count). The molecule has 26 heavy (non-hydrogen) atoms. The highest BCUT2D eigenvalue weighted by Gasteiger charge is 2.09. The van der Waals surface area contributed by atoms with Gasteiger partial charge in [-0.15, -0.1) is 0 Å². The molecule has 4 nitrogen and oxygen atoms in total. The largest absolute Gasteiger partial charge is 0.423 e. The van der Waals surface area contributed by atoms with Crippen molar-refractivity contribution >= 4 is 12.0 Å². The first-order valence-corrected chi connectivity index (χ1v) is 8.56. The van der Waals surface area contributed by atoms with Gasteiger partial charge in [-0.1, -0.05) is 48.5 Å². The second kappa shape index (κ2) is 7.83. The average molecular weight is 346 g/mol. The molecule has 0 aliphatic heterocycles. The molecule has 0 bridgehead atoms. The van der Waals surface area contributed by atoms with Crippen LogP contribution in [0.15, 0.2) is 60.7 Å². The minimum Gasteiger partial charge on any atom is -0.423 e. The molecule has 3 aromatic rings. The van der Waals surface area contributed by atoms with Crippen molar-refractivity contribution < 1.29 is 9.53 Å². The lowest BCUT2D eigenvalue weighted by Crippen LogP contribution is -2.06. The first kappa shape index (κ1) is 17.7. The van der Waals surface area contributed by atoms with Gasteiger partial charge in [0.2, 0.25) is 0 Å². The van der Waals surface area contributed by atoms with E-state index >= 15 is 0 Å². The second-order valence-electron chi connectivity index (χ2n) is 6.23. The number of benzene rings is 2. The van der Waals surface area contributed by atoms with Gasteiger partial charge in [0.25, 0.3) is 0 Å². The quantitative estimate of drug-likeness (QED) is 0.394. The molecule has 0 aliphatic carbocycles. The zero-order chi connectivity index (χ0) is 18.5. The highest BCUT2D eigenvalue weighted by Crippen LogP contribution is 2.22. The summed E-state index contributed by atoms with van der Waals surface area (Å²) in [5.41, 5.74) is 5.00. The highest BCUT2D eigenvalue weighted by molar-refractivity contribution is 5.89. The Balaban J connectivity index is 1.74. The minimum atomic E-state index is -0.395. The zero-order valence-corrected chi connectivity index (χ0v) is 15.3. The molecule has 0 unspecified atom stereocenters. The molecular formula is C22H22N2O2. The number of aryl methyl sites for hydroxylation is 2. The van der Waals surface area contributed by atoms with Crippen molar-refractivity contribution in [2.24, 2.45) is 7.05 Å². The van der Waals surface area contributed by atoms with E-state index in [9.17, 15) is 4.79 Å². The maximum Gasteiger partial charge on any atom is 0.336 e. The molecule has 0 radical (unpaired) electrons. The van der Waals surface area contributed by atoms with E-state index in [2.05, 4.69) is 17.2 Å². The number of esters is 1. The fraction of sp³-hybridized carbons (Fsp3) is 0.182. The van der Waals surface area contributed by atoms with Gasteiger partial charge in [0.1, 0.15) is 5.75 Å². The Bertz CT molecular complexity index is 940. The average Bonchev–Trinajstić information content (AvgIpc) is 2.88. The number of nitrogens with zero attached hydrogens (tertiary/aromatic N) is 2. The number of ether oxygens (including phenoxy) is 1. The van der Waals surface area contributed by atoms with Gasteiger partial charge in [-0.3, -0.25) is 4.68 Å². The van der Waals surface area contributed by atoms with Crippen LogP contribution in [0.5, 0.6) is 5.75 Å². The van der Waals surface area contributed by atoms with Gasteiger partial charge in [0, 0.05) is 30.8 Å². The van der Waals surface area contributed by atoms with Crippen LogP contribution in [-0.2, 0) is 18.3 Å². The standard InChI is InChI=1S/C22H22N2O2/c1-16-20(17(2)24(3)23-16)13-14-22(25)26-21-12-8-7-11-19(21)15-18-9-5-4-6-10-18/h4-14H,15H2,1-3H3. The summed E-state index contributed by atoms with van der Waals surface area (Å²) in [6.07, 6.45) is 3.94. The summed E-state index contributed by atoms with van der Waals surface area (Å²) in [5, 5.41) is 4.35. The molecule has 1 aromatic heterocycles. The molecule has 0 aliphatic rings. The van der Waals surface area contributed by atoms with E-state index in [4.69, 9.17) is 4.74 Å². The molecule has 0 saturated carbocycles. The fourth-order valence-corrected chi connectivity index (χ4v) is 2.89. The third-order valence-electron chi connectivity index (χ3n) is 4.37. The summed E-state index contributed by atoms with van der Waals surface area (Å²) in [6.45, 7) is 3.90. The Labute approximate surface area is 153 Å². The van der Waals surface area contributed by atoms with E-state index in [1.807, 2.05) is 63.4 Å². The van der Waals surface area contributed by atoms with E-state index in [1.54, 1.807) is 10.8 Å². The smallest absolute Gasteiger partial charge is 0.336 e. The fourth-order valence-electron chi connectivity index (χ4n) is 2.89. The summed E-state index contributed by atoms with van der Waals surface area (Å²) in [5.74, 6) is 0.193. The molecule has 2 aromatic carbocycles. The number of hydrogen-bond acceptors (Lipinski definition) is 3. The van der Waals surface area contributed by atoms with Gasteiger partial charge in [-0.25, -0.2) is 4.79 Å². The van der Waals surface area contributed by atoms with Gasteiger partial charge >= 0.3 is 5.97 Å². The van der Waals surface area contributed by atoms with Crippen molar-refractivity contribution in [1.82, 2.24) is 9.78 Å². The Kier molecular flexibility index (Phi) is 5.32. The lowest BCUT2D eigenvalue weighted by molar-refractivity contribution is -0.128. The summed E-state index contributed by atoms with van der Waals surface area (Å²) in [4.78, 5) is 12.3. The third kappa shape index (κ3) is 4.09. The number of para-hydroxylation sites is 1. The molecule has 0 spiro atoms. The molecule has 0 saturated heterocycles. The number of carbonyl (C=O) groups is 1. The minimum absolute atomic E-state index is 0.395. The summed E-state index contributed by atoms with van der Waals surface area (Å²) >= 11 is 0. The first-order valence-electron chi connectivity index (χ1n) is 8.56. The molecule has 0 fully saturated rings. The van der Waals surface area contributed by atoms with Crippen LogP contribution in [0.3, 0.4) is 0 Å². The van der Waals surface area contributed by atoms with E-state index in [0.29, 0.717) is 5.75 Å². The van der Waals surface area contributed by atoms with Gasteiger partial charge in [-0.2, -0.15) is 5.10 Å². The van der Waals surface area contributed by atoms with Crippen molar-refractivity contribution in [2.75, 3.05) is 0 Å². The Morgan fingerprint density at radius 3 is 2.46 bits per heavy atom. The van der Waals surface area contributed by atoms with Gasteiger partial charge in [0.05, 0.1) is 5.69 Å². The van der Waals surface area contributed by atoms with Crippen LogP contribution in [0.1, 0.15) is 28.1 Å². The Hall–Kier alpha value is -3.14. The number of carbonyl (C=O) groups excluding carboxylic acids is 1. The number of aromatic nitrogens is 2. The van der Waals surface area contributed by atoms with E-state index in [-0.39, 0.29) is 0 Å². The molecule has 1 heterocycles. The van der Waals surface area contributed by atoms with Crippen molar-refractivity contribution in [3.63, 3.8) is 0 Å². The molecule has 0 amide bonds. The van der Waals surface area contributed by atoms with Crippen LogP contribution in [0, 0.1) is 13.8 Å².